The van der Waals surface area contributed by atoms with Gasteiger partial charge < -0.3 is 0 Å². The number of carbonyl (C=O) groups excluding carboxylic acids is 2. The number of piperidine rings is 1. The van der Waals surface area contributed by atoms with E-state index in [2.05, 4.69) is 28.5 Å². The van der Waals surface area contributed by atoms with Crippen LogP contribution in [0.25, 0.3) is 0 Å². The summed E-state index contributed by atoms with van der Waals surface area (Å²) in [5.41, 5.74) is 1.09. The molecule has 0 aliphatic carbocycles. The molecule has 20 heavy (non-hydrogen) atoms. The number of hydrogen-bond acceptors (Lipinski definition) is 3. The van der Waals surface area contributed by atoms with Crippen molar-refractivity contribution < 1.29 is 9.59 Å². The van der Waals surface area contributed by atoms with E-state index >= 15 is 0 Å². The number of aliphatic imine (C=N–C) groups is 2. The Morgan fingerprint density at radius 1 is 1.40 bits per heavy atom. The van der Waals surface area contributed by atoms with E-state index in [-0.39, 0.29) is 17.2 Å². The molecular formula is C15H21N3O2. The fourth-order valence-electron chi connectivity index (χ4n) is 1.62. The van der Waals surface area contributed by atoms with Crippen LogP contribution >= 0.6 is 0 Å². The van der Waals surface area contributed by atoms with Gasteiger partial charge in [0.25, 0.3) is 0 Å². The average molecular weight is 275 g/mol. The zero-order valence-corrected chi connectivity index (χ0v) is 12.3. The molecule has 108 valence electrons. The van der Waals surface area contributed by atoms with Gasteiger partial charge in [-0.15, -0.1) is 0 Å². The van der Waals surface area contributed by atoms with Gasteiger partial charge in [-0.2, -0.15) is 0 Å². The summed E-state index contributed by atoms with van der Waals surface area (Å²) in [6.45, 7) is 13.5. The second-order valence-corrected chi connectivity index (χ2v) is 5.70. The van der Waals surface area contributed by atoms with Crippen LogP contribution in [0.5, 0.6) is 0 Å². The maximum atomic E-state index is 11.7. The number of allylic oxidation sites excluding steroid dienone is 2. The molecule has 1 rings (SSSR count). The number of nitrogens with one attached hydrogen (secondary N) is 1. The smallest absolute Gasteiger partial charge is 0.235 e. The van der Waals surface area contributed by atoms with Crippen LogP contribution in [0.15, 0.2) is 34.9 Å². The molecule has 1 atom stereocenters. The van der Waals surface area contributed by atoms with Gasteiger partial charge in [-0.05, 0) is 12.5 Å². The summed E-state index contributed by atoms with van der Waals surface area (Å²) in [6.07, 6.45) is 3.67. The molecule has 1 aliphatic rings. The van der Waals surface area contributed by atoms with Crippen molar-refractivity contribution in [2.24, 2.45) is 21.3 Å². The first-order valence-corrected chi connectivity index (χ1v) is 6.51. The summed E-state index contributed by atoms with van der Waals surface area (Å²) >= 11 is 0. The topological polar surface area (TPSA) is 70.9 Å². The van der Waals surface area contributed by atoms with Gasteiger partial charge in [-0.1, -0.05) is 33.9 Å². The predicted molar refractivity (Wildman–Crippen MR) is 80.6 cm³/mol. The monoisotopic (exact) mass is 275 g/mol. The molecule has 5 heteroatoms. The van der Waals surface area contributed by atoms with Gasteiger partial charge in [0.05, 0.1) is 11.6 Å². The Bertz CT molecular complexity index is 496. The summed E-state index contributed by atoms with van der Waals surface area (Å²) in [4.78, 5) is 31.2. The van der Waals surface area contributed by atoms with E-state index in [1.165, 1.54) is 12.4 Å². The van der Waals surface area contributed by atoms with Gasteiger partial charge in [0, 0.05) is 17.5 Å². The van der Waals surface area contributed by atoms with Crippen LogP contribution in [0.4, 0.5) is 0 Å². The van der Waals surface area contributed by atoms with Crippen molar-refractivity contribution in [2.45, 2.75) is 33.6 Å². The number of carbonyl (C=O) groups is 2. The maximum absolute atomic E-state index is 11.7. The number of amides is 2. The highest BCUT2D eigenvalue weighted by molar-refractivity contribution is 6.15. The highest BCUT2D eigenvalue weighted by atomic mass is 16.2. The third-order valence-electron chi connectivity index (χ3n) is 3.09. The highest BCUT2D eigenvalue weighted by Gasteiger charge is 2.29. The Morgan fingerprint density at radius 2 is 2.05 bits per heavy atom. The third kappa shape index (κ3) is 4.26. The molecule has 1 fully saturated rings. The first-order chi connectivity index (χ1) is 9.25. The first-order valence-electron chi connectivity index (χ1n) is 6.51. The van der Waals surface area contributed by atoms with Crippen LogP contribution in [-0.2, 0) is 9.59 Å². The fraction of sp³-hybridized carbons (Fsp3) is 0.467. The van der Waals surface area contributed by atoms with Crippen molar-refractivity contribution in [3.8, 4) is 0 Å². The van der Waals surface area contributed by atoms with Crippen LogP contribution in [0, 0.1) is 11.3 Å². The highest BCUT2D eigenvalue weighted by Crippen LogP contribution is 2.23. The molecule has 0 aromatic heterocycles. The minimum Gasteiger partial charge on any atom is -0.296 e. The summed E-state index contributed by atoms with van der Waals surface area (Å²) in [5.74, 6) is -1.02. The molecule has 5 nitrogen and oxygen atoms in total. The molecule has 0 bridgehead atoms. The van der Waals surface area contributed by atoms with Crippen LogP contribution in [0.1, 0.15) is 33.6 Å². The lowest BCUT2D eigenvalue weighted by Crippen LogP contribution is -2.43. The van der Waals surface area contributed by atoms with Crippen LogP contribution in [0.2, 0.25) is 0 Å². The summed E-state index contributed by atoms with van der Waals surface area (Å²) in [7, 11) is 0. The Hall–Kier alpha value is -2.04. The van der Waals surface area contributed by atoms with Gasteiger partial charge in [0.15, 0.2) is 0 Å². The molecule has 0 saturated carbocycles. The number of rotatable bonds is 4. The number of hydrogen-bond donors (Lipinski definition) is 1. The normalized spacial score (nSPS) is 20.9. The second kappa shape index (κ2) is 6.41. The van der Waals surface area contributed by atoms with Gasteiger partial charge >= 0.3 is 0 Å². The molecule has 1 aliphatic heterocycles. The van der Waals surface area contributed by atoms with E-state index in [0.29, 0.717) is 24.3 Å². The molecule has 1 unspecified atom stereocenters. The van der Waals surface area contributed by atoms with Crippen LogP contribution in [-0.4, -0.2) is 23.9 Å². The van der Waals surface area contributed by atoms with Crippen molar-refractivity contribution in [1.82, 2.24) is 5.32 Å². The lowest BCUT2D eigenvalue weighted by molar-refractivity contribution is -0.134. The van der Waals surface area contributed by atoms with E-state index in [4.69, 9.17) is 0 Å². The molecule has 1 heterocycles. The van der Waals surface area contributed by atoms with Crippen LogP contribution in [0.3, 0.4) is 0 Å². The molecule has 1 saturated heterocycles. The SMILES string of the molecule is C=C/C(=N\C=N/C(=C)C(C)(C)C)C1CCC(=O)NC1=O. The van der Waals surface area contributed by atoms with Gasteiger partial charge in [-0.3, -0.25) is 14.9 Å². The lowest BCUT2D eigenvalue weighted by atomic mass is 9.93. The van der Waals surface area contributed by atoms with E-state index in [0.717, 1.165) is 0 Å². The Kier molecular flexibility index (Phi) is 5.13. The number of nitrogens with zero attached hydrogens (tertiary/aromatic N) is 2. The van der Waals surface area contributed by atoms with Crippen molar-refractivity contribution in [3.63, 3.8) is 0 Å². The standard InChI is InChI=1S/C15H21N3O2/c1-6-12(11-7-8-13(19)18-14(11)20)17-9-16-10(2)15(3,4)5/h6,9,11H,1-2,7-8H2,3-5H3,(H,18,19,20)/b16-9-,17-12+. The summed E-state index contributed by atoms with van der Waals surface area (Å²) in [6, 6.07) is 0. The molecule has 0 aromatic rings. The minimum absolute atomic E-state index is 0.130. The van der Waals surface area contributed by atoms with Crippen molar-refractivity contribution in [3.05, 3.63) is 24.9 Å². The van der Waals surface area contributed by atoms with E-state index in [1.54, 1.807) is 0 Å². The van der Waals surface area contributed by atoms with Gasteiger partial charge in [-0.25, -0.2) is 9.98 Å². The Morgan fingerprint density at radius 3 is 2.55 bits per heavy atom. The zero-order chi connectivity index (χ0) is 15.3. The molecule has 0 spiro atoms. The average Bonchev–Trinajstić information content (AvgIpc) is 2.34. The van der Waals surface area contributed by atoms with E-state index in [9.17, 15) is 9.59 Å². The largest absolute Gasteiger partial charge is 0.296 e. The van der Waals surface area contributed by atoms with Crippen LogP contribution < -0.4 is 5.32 Å². The van der Waals surface area contributed by atoms with Gasteiger partial charge in [0.1, 0.15) is 6.34 Å². The van der Waals surface area contributed by atoms with Crippen molar-refractivity contribution in [2.75, 3.05) is 0 Å². The molecular weight excluding hydrogens is 254 g/mol. The second-order valence-electron chi connectivity index (χ2n) is 5.70. The Balaban J connectivity index is 2.81. The number of imide groups is 1. The summed E-state index contributed by atoms with van der Waals surface area (Å²) < 4.78 is 0. The third-order valence-corrected chi connectivity index (χ3v) is 3.09. The molecule has 2 amide bonds. The first kappa shape index (κ1) is 16.0. The van der Waals surface area contributed by atoms with E-state index in [1.807, 2.05) is 20.8 Å². The molecule has 0 aromatic carbocycles. The molecule has 1 N–H and O–H groups in total. The van der Waals surface area contributed by atoms with Crippen molar-refractivity contribution >= 4 is 23.9 Å². The lowest BCUT2D eigenvalue weighted by Gasteiger charge is -2.20. The van der Waals surface area contributed by atoms with E-state index < -0.39 is 5.92 Å². The Labute approximate surface area is 119 Å². The van der Waals surface area contributed by atoms with Crippen molar-refractivity contribution in [1.29, 1.82) is 0 Å². The summed E-state index contributed by atoms with van der Waals surface area (Å²) in [5, 5.41) is 2.30. The maximum Gasteiger partial charge on any atom is 0.235 e. The predicted octanol–water partition coefficient (Wildman–Crippen LogP) is 2.25. The quantitative estimate of drug-likeness (QED) is 0.485. The minimum atomic E-state index is -0.445. The fourth-order valence-corrected chi connectivity index (χ4v) is 1.62. The molecule has 0 radical (unpaired) electrons. The zero-order valence-electron chi connectivity index (χ0n) is 12.3. The van der Waals surface area contributed by atoms with Gasteiger partial charge in [0.2, 0.25) is 11.8 Å².